The van der Waals surface area contributed by atoms with Crippen molar-refractivity contribution in [1.82, 2.24) is 10.3 Å². The monoisotopic (exact) mass is 288 g/mol. The lowest BCUT2D eigenvalue weighted by Crippen LogP contribution is -2.23. The molecule has 21 heavy (non-hydrogen) atoms. The largest absolute Gasteiger partial charge is 0.492 e. The van der Waals surface area contributed by atoms with Gasteiger partial charge in [0.2, 0.25) is 0 Å². The molecule has 0 saturated carbocycles. The van der Waals surface area contributed by atoms with E-state index in [1.165, 1.54) is 0 Å². The second-order valence-electron chi connectivity index (χ2n) is 5.23. The zero-order valence-electron chi connectivity index (χ0n) is 12.8. The van der Waals surface area contributed by atoms with Crippen LogP contribution in [0.2, 0.25) is 0 Å². The van der Waals surface area contributed by atoms with Gasteiger partial charge in [-0.05, 0) is 45.0 Å². The average Bonchev–Trinajstić information content (AvgIpc) is 2.49. The lowest BCUT2D eigenvalue weighted by molar-refractivity contribution is 0.0770. The summed E-state index contributed by atoms with van der Waals surface area (Å²) in [5, 5.41) is 4.48. The third-order valence-corrected chi connectivity index (χ3v) is 3.07. The van der Waals surface area contributed by atoms with Crippen molar-refractivity contribution in [3.05, 3.63) is 36.5 Å². The Morgan fingerprint density at radius 1 is 1.14 bits per heavy atom. The topological polar surface area (TPSA) is 43.4 Å². The zero-order valence-corrected chi connectivity index (χ0v) is 12.8. The summed E-state index contributed by atoms with van der Waals surface area (Å²) in [6, 6.07) is 9.99. The van der Waals surface area contributed by atoms with E-state index in [2.05, 4.69) is 24.1 Å². The lowest BCUT2D eigenvalue weighted by atomic mass is 10.2. The molecule has 0 unspecified atom stereocenters. The molecule has 2 rings (SSSR count). The fourth-order valence-corrected chi connectivity index (χ4v) is 2.02. The van der Waals surface area contributed by atoms with Gasteiger partial charge in [0.05, 0.1) is 11.6 Å². The summed E-state index contributed by atoms with van der Waals surface area (Å²) >= 11 is 0. The Balaban J connectivity index is 1.61. The molecule has 0 aliphatic rings. The minimum absolute atomic E-state index is 0.315. The van der Waals surface area contributed by atoms with E-state index in [1.54, 1.807) is 6.20 Å². The fraction of sp³-hybridized carbons (Fsp3) is 0.471. The van der Waals surface area contributed by atoms with Crippen LogP contribution in [0.25, 0.3) is 10.9 Å². The van der Waals surface area contributed by atoms with Crippen molar-refractivity contribution in [2.75, 3.05) is 26.3 Å². The number of ether oxygens (including phenoxy) is 2. The van der Waals surface area contributed by atoms with Crippen LogP contribution in [-0.4, -0.2) is 37.4 Å². The standard InChI is InChI=1S/C17H24N2O2/c1-14(2)20-11-4-8-18-10-12-21-16-7-6-15-5-3-9-19-17(15)13-16/h3,5-7,9,13-14,18H,4,8,10-12H2,1-2H3. The van der Waals surface area contributed by atoms with Crippen LogP contribution in [0.1, 0.15) is 20.3 Å². The Kier molecular flexibility index (Phi) is 6.44. The highest BCUT2D eigenvalue weighted by atomic mass is 16.5. The number of pyridine rings is 1. The van der Waals surface area contributed by atoms with Crippen LogP contribution in [0.5, 0.6) is 5.75 Å². The minimum atomic E-state index is 0.315. The predicted octanol–water partition coefficient (Wildman–Crippen LogP) is 3.02. The molecule has 1 heterocycles. The van der Waals surface area contributed by atoms with E-state index in [4.69, 9.17) is 9.47 Å². The Labute approximate surface area is 126 Å². The number of nitrogens with one attached hydrogen (secondary N) is 1. The van der Waals surface area contributed by atoms with Gasteiger partial charge in [0, 0.05) is 30.8 Å². The van der Waals surface area contributed by atoms with Gasteiger partial charge in [0.1, 0.15) is 12.4 Å². The first-order chi connectivity index (χ1) is 10.3. The molecule has 114 valence electrons. The third-order valence-electron chi connectivity index (χ3n) is 3.07. The van der Waals surface area contributed by atoms with Crippen LogP contribution < -0.4 is 10.1 Å². The third kappa shape index (κ3) is 5.69. The number of benzene rings is 1. The summed E-state index contributed by atoms with van der Waals surface area (Å²) in [7, 11) is 0. The molecule has 1 N–H and O–H groups in total. The molecule has 1 aromatic heterocycles. The van der Waals surface area contributed by atoms with E-state index >= 15 is 0 Å². The molecule has 0 amide bonds. The van der Waals surface area contributed by atoms with Crippen molar-refractivity contribution in [1.29, 1.82) is 0 Å². The normalized spacial score (nSPS) is 11.2. The molecular weight excluding hydrogens is 264 g/mol. The van der Waals surface area contributed by atoms with E-state index in [9.17, 15) is 0 Å². The van der Waals surface area contributed by atoms with Crippen LogP contribution in [0.15, 0.2) is 36.5 Å². The Morgan fingerprint density at radius 2 is 2.05 bits per heavy atom. The van der Waals surface area contributed by atoms with Crippen LogP contribution >= 0.6 is 0 Å². The Morgan fingerprint density at radius 3 is 2.90 bits per heavy atom. The highest BCUT2D eigenvalue weighted by molar-refractivity contribution is 5.79. The number of hydrogen-bond donors (Lipinski definition) is 1. The lowest BCUT2D eigenvalue weighted by Gasteiger charge is -2.09. The zero-order chi connectivity index (χ0) is 14.9. The molecule has 0 saturated heterocycles. The highest BCUT2D eigenvalue weighted by Crippen LogP contribution is 2.18. The summed E-state index contributed by atoms with van der Waals surface area (Å²) in [6.45, 7) is 7.36. The molecule has 0 spiro atoms. The second kappa shape index (κ2) is 8.60. The van der Waals surface area contributed by atoms with Crippen molar-refractivity contribution < 1.29 is 9.47 Å². The molecule has 0 fully saturated rings. The molecule has 0 bridgehead atoms. The van der Waals surface area contributed by atoms with Crippen molar-refractivity contribution >= 4 is 10.9 Å². The van der Waals surface area contributed by atoms with Gasteiger partial charge in [-0.2, -0.15) is 0 Å². The summed E-state index contributed by atoms with van der Waals surface area (Å²) in [6.07, 6.45) is 3.14. The van der Waals surface area contributed by atoms with E-state index in [0.29, 0.717) is 12.7 Å². The maximum Gasteiger partial charge on any atom is 0.121 e. The van der Waals surface area contributed by atoms with Crippen LogP contribution in [0.4, 0.5) is 0 Å². The van der Waals surface area contributed by atoms with Crippen molar-refractivity contribution in [3.63, 3.8) is 0 Å². The van der Waals surface area contributed by atoms with Gasteiger partial charge < -0.3 is 14.8 Å². The molecule has 4 heteroatoms. The number of hydrogen-bond acceptors (Lipinski definition) is 4. The number of nitrogens with zero attached hydrogens (tertiary/aromatic N) is 1. The van der Waals surface area contributed by atoms with Gasteiger partial charge in [-0.3, -0.25) is 4.98 Å². The van der Waals surface area contributed by atoms with Crippen LogP contribution in [-0.2, 0) is 4.74 Å². The second-order valence-corrected chi connectivity index (χ2v) is 5.23. The Hall–Kier alpha value is -1.65. The van der Waals surface area contributed by atoms with Crippen molar-refractivity contribution in [2.45, 2.75) is 26.4 Å². The quantitative estimate of drug-likeness (QED) is 0.720. The van der Waals surface area contributed by atoms with Crippen molar-refractivity contribution in [2.24, 2.45) is 0 Å². The first-order valence-corrected chi connectivity index (χ1v) is 7.55. The molecule has 2 aromatic rings. The first-order valence-electron chi connectivity index (χ1n) is 7.55. The van der Waals surface area contributed by atoms with Crippen LogP contribution in [0, 0.1) is 0 Å². The van der Waals surface area contributed by atoms with Gasteiger partial charge in [0.25, 0.3) is 0 Å². The fourth-order valence-electron chi connectivity index (χ4n) is 2.02. The molecule has 0 aliphatic heterocycles. The summed E-state index contributed by atoms with van der Waals surface area (Å²) in [4.78, 5) is 4.32. The van der Waals surface area contributed by atoms with Crippen molar-refractivity contribution in [3.8, 4) is 5.75 Å². The van der Waals surface area contributed by atoms with Gasteiger partial charge in [-0.25, -0.2) is 0 Å². The van der Waals surface area contributed by atoms with Gasteiger partial charge in [-0.15, -0.1) is 0 Å². The summed E-state index contributed by atoms with van der Waals surface area (Å²) < 4.78 is 11.2. The average molecular weight is 288 g/mol. The van der Waals surface area contributed by atoms with Gasteiger partial charge in [-0.1, -0.05) is 6.07 Å². The van der Waals surface area contributed by atoms with Gasteiger partial charge >= 0.3 is 0 Å². The SMILES string of the molecule is CC(C)OCCCNCCOc1ccc2cccnc2c1. The Bertz CT molecular complexity index is 543. The van der Waals surface area contributed by atoms with E-state index in [-0.39, 0.29) is 0 Å². The molecule has 4 nitrogen and oxygen atoms in total. The molecule has 0 atom stereocenters. The van der Waals surface area contributed by atoms with E-state index in [1.807, 2.05) is 30.3 Å². The summed E-state index contributed by atoms with van der Waals surface area (Å²) in [5.41, 5.74) is 0.966. The molecule has 0 radical (unpaired) electrons. The van der Waals surface area contributed by atoms with Crippen LogP contribution in [0.3, 0.4) is 0 Å². The first kappa shape index (κ1) is 15.7. The predicted molar refractivity (Wildman–Crippen MR) is 85.8 cm³/mol. The molecule has 0 aliphatic carbocycles. The maximum absolute atomic E-state index is 5.73. The molecule has 1 aromatic carbocycles. The maximum atomic E-state index is 5.73. The number of aromatic nitrogens is 1. The number of rotatable bonds is 9. The molecular formula is C17H24N2O2. The van der Waals surface area contributed by atoms with E-state index < -0.39 is 0 Å². The van der Waals surface area contributed by atoms with Gasteiger partial charge in [0.15, 0.2) is 0 Å². The summed E-state index contributed by atoms with van der Waals surface area (Å²) in [5.74, 6) is 0.867. The minimum Gasteiger partial charge on any atom is -0.492 e. The van der Waals surface area contributed by atoms with E-state index in [0.717, 1.165) is 42.8 Å². The smallest absolute Gasteiger partial charge is 0.121 e. The highest BCUT2D eigenvalue weighted by Gasteiger charge is 1.98. The number of fused-ring (bicyclic) bond motifs is 1.